The lowest BCUT2D eigenvalue weighted by molar-refractivity contribution is 0.0518. The molecule has 0 aliphatic carbocycles. The van der Waals surface area contributed by atoms with Crippen LogP contribution in [0.5, 0.6) is 0 Å². The quantitative estimate of drug-likeness (QED) is 0.518. The molecule has 0 saturated carbocycles. The summed E-state index contributed by atoms with van der Waals surface area (Å²) in [5.74, 6) is 0.301. The summed E-state index contributed by atoms with van der Waals surface area (Å²) < 4.78 is 6.72. The number of carbonyl (C=O) groups excluding carboxylic acids is 1. The normalized spacial score (nSPS) is 12.4. The van der Waals surface area contributed by atoms with E-state index < -0.39 is 5.97 Å². The average molecular weight is 302 g/mol. The van der Waals surface area contributed by atoms with Gasteiger partial charge in [-0.05, 0) is 19.3 Å². The number of ether oxygens (including phenoxy) is 1. The van der Waals surface area contributed by atoms with Crippen LogP contribution in [0.15, 0.2) is 0 Å². The maximum Gasteiger partial charge on any atom is 0.360 e. The summed E-state index contributed by atoms with van der Waals surface area (Å²) in [4.78, 5) is 11.8. The van der Waals surface area contributed by atoms with Gasteiger partial charge in [0, 0.05) is 6.54 Å². The van der Waals surface area contributed by atoms with Crippen LogP contribution in [0.1, 0.15) is 62.6 Å². The molecule has 0 aromatic carbocycles. The number of hydrogen-bond donors (Lipinski definition) is 0. The molecule has 0 saturated heterocycles. The van der Waals surface area contributed by atoms with Crippen molar-refractivity contribution in [3.8, 4) is 0 Å². The summed E-state index contributed by atoms with van der Waals surface area (Å²) in [5.41, 5.74) is 0.896. The first-order valence-corrected chi connectivity index (χ1v) is 7.86. The molecular weight excluding hydrogens is 278 g/mol. The van der Waals surface area contributed by atoms with E-state index in [0.717, 1.165) is 19.4 Å². The van der Waals surface area contributed by atoms with Crippen LogP contribution in [0, 0.1) is 5.92 Å². The first-order valence-electron chi connectivity index (χ1n) is 7.33. The highest BCUT2D eigenvalue weighted by Crippen LogP contribution is 2.18. The van der Waals surface area contributed by atoms with Crippen LogP contribution in [-0.4, -0.2) is 27.6 Å². The SMILES string of the molecule is CCCCC(CC)Cn1nnc(C(=O)OCC)c1CCl. The minimum atomic E-state index is -0.448. The van der Waals surface area contributed by atoms with Crippen LogP contribution in [0.25, 0.3) is 0 Å². The summed E-state index contributed by atoms with van der Waals surface area (Å²) >= 11 is 5.95. The fourth-order valence-corrected chi connectivity index (χ4v) is 2.40. The predicted molar refractivity (Wildman–Crippen MR) is 78.8 cm³/mol. The number of nitrogens with zero attached hydrogens (tertiary/aromatic N) is 3. The summed E-state index contributed by atoms with van der Waals surface area (Å²) in [7, 11) is 0. The molecule has 0 N–H and O–H groups in total. The molecule has 1 heterocycles. The van der Waals surface area contributed by atoms with E-state index in [-0.39, 0.29) is 11.6 Å². The largest absolute Gasteiger partial charge is 0.461 e. The van der Waals surface area contributed by atoms with Crippen LogP contribution >= 0.6 is 11.6 Å². The van der Waals surface area contributed by atoms with E-state index in [9.17, 15) is 4.79 Å². The van der Waals surface area contributed by atoms with Crippen molar-refractivity contribution in [3.05, 3.63) is 11.4 Å². The molecule has 0 radical (unpaired) electrons. The third-order valence-electron chi connectivity index (χ3n) is 3.41. The molecule has 0 spiro atoms. The predicted octanol–water partition coefficient (Wildman–Crippen LogP) is 3.41. The van der Waals surface area contributed by atoms with Gasteiger partial charge in [-0.3, -0.25) is 0 Å². The Morgan fingerprint density at radius 2 is 2.15 bits per heavy atom. The van der Waals surface area contributed by atoms with Gasteiger partial charge in [-0.2, -0.15) is 0 Å². The van der Waals surface area contributed by atoms with Gasteiger partial charge >= 0.3 is 5.97 Å². The Morgan fingerprint density at radius 1 is 1.40 bits per heavy atom. The molecule has 1 atom stereocenters. The third kappa shape index (κ3) is 4.47. The Hall–Kier alpha value is -1.10. The van der Waals surface area contributed by atoms with Crippen LogP contribution < -0.4 is 0 Å². The zero-order valence-corrected chi connectivity index (χ0v) is 13.3. The van der Waals surface area contributed by atoms with Crippen LogP contribution in [0.2, 0.25) is 0 Å². The molecular formula is C14H24ClN3O2. The van der Waals surface area contributed by atoms with Gasteiger partial charge in [0.2, 0.25) is 0 Å². The lowest BCUT2D eigenvalue weighted by Gasteiger charge is -2.15. The Balaban J connectivity index is 2.82. The first kappa shape index (κ1) is 17.0. The van der Waals surface area contributed by atoms with Crippen molar-refractivity contribution in [2.75, 3.05) is 6.61 Å². The van der Waals surface area contributed by atoms with Gasteiger partial charge in [0.05, 0.1) is 18.2 Å². The number of rotatable bonds is 9. The van der Waals surface area contributed by atoms with Gasteiger partial charge in [-0.1, -0.05) is 38.3 Å². The minimum absolute atomic E-state index is 0.214. The van der Waals surface area contributed by atoms with E-state index in [2.05, 4.69) is 24.2 Å². The molecule has 20 heavy (non-hydrogen) atoms. The maximum absolute atomic E-state index is 11.8. The van der Waals surface area contributed by atoms with E-state index in [0.29, 0.717) is 18.2 Å². The molecule has 0 amide bonds. The van der Waals surface area contributed by atoms with Crippen molar-refractivity contribution in [1.82, 2.24) is 15.0 Å². The number of hydrogen-bond acceptors (Lipinski definition) is 4. The topological polar surface area (TPSA) is 57.0 Å². The summed E-state index contributed by atoms with van der Waals surface area (Å²) in [5, 5.41) is 7.99. The van der Waals surface area contributed by atoms with Gasteiger partial charge in [0.25, 0.3) is 0 Å². The molecule has 1 unspecified atom stereocenters. The molecule has 1 aromatic rings. The Kier molecular flexibility index (Phi) is 7.59. The number of halogens is 1. The number of carbonyl (C=O) groups is 1. The second kappa shape index (κ2) is 8.95. The van der Waals surface area contributed by atoms with Crippen molar-refractivity contribution >= 4 is 17.6 Å². The minimum Gasteiger partial charge on any atom is -0.461 e. The maximum atomic E-state index is 11.8. The van der Waals surface area contributed by atoms with E-state index in [4.69, 9.17) is 16.3 Å². The Morgan fingerprint density at radius 3 is 2.70 bits per heavy atom. The van der Waals surface area contributed by atoms with E-state index in [1.807, 2.05) is 0 Å². The number of aromatic nitrogens is 3. The van der Waals surface area contributed by atoms with Crippen molar-refractivity contribution in [3.63, 3.8) is 0 Å². The van der Waals surface area contributed by atoms with Crippen LogP contribution in [0.3, 0.4) is 0 Å². The highest BCUT2D eigenvalue weighted by molar-refractivity contribution is 6.17. The van der Waals surface area contributed by atoms with E-state index in [1.54, 1.807) is 11.6 Å². The highest BCUT2D eigenvalue weighted by Gasteiger charge is 2.21. The van der Waals surface area contributed by atoms with E-state index in [1.165, 1.54) is 12.8 Å². The third-order valence-corrected chi connectivity index (χ3v) is 3.66. The molecule has 114 valence electrons. The molecule has 0 fully saturated rings. The van der Waals surface area contributed by atoms with Crippen LogP contribution in [0.4, 0.5) is 0 Å². The van der Waals surface area contributed by atoms with Gasteiger partial charge in [-0.15, -0.1) is 16.7 Å². The van der Waals surface area contributed by atoms with Crippen molar-refractivity contribution in [2.45, 2.75) is 58.9 Å². The fourth-order valence-electron chi connectivity index (χ4n) is 2.13. The smallest absolute Gasteiger partial charge is 0.360 e. The van der Waals surface area contributed by atoms with Gasteiger partial charge < -0.3 is 4.74 Å². The Labute approximate surface area is 125 Å². The molecule has 0 aliphatic rings. The number of esters is 1. The van der Waals surface area contributed by atoms with Crippen LogP contribution in [-0.2, 0) is 17.2 Å². The monoisotopic (exact) mass is 301 g/mol. The van der Waals surface area contributed by atoms with E-state index >= 15 is 0 Å². The second-order valence-corrected chi connectivity index (χ2v) is 5.10. The molecule has 0 bridgehead atoms. The first-order chi connectivity index (χ1) is 9.67. The van der Waals surface area contributed by atoms with Gasteiger partial charge in [-0.25, -0.2) is 9.48 Å². The molecule has 6 heteroatoms. The van der Waals surface area contributed by atoms with Crippen molar-refractivity contribution in [2.24, 2.45) is 5.92 Å². The van der Waals surface area contributed by atoms with Gasteiger partial charge in [0.15, 0.2) is 5.69 Å². The highest BCUT2D eigenvalue weighted by atomic mass is 35.5. The average Bonchev–Trinajstić information content (AvgIpc) is 2.86. The van der Waals surface area contributed by atoms with Gasteiger partial charge in [0.1, 0.15) is 0 Å². The fraction of sp³-hybridized carbons (Fsp3) is 0.786. The standard InChI is InChI=1S/C14H24ClN3O2/c1-4-7-8-11(5-2)10-18-12(9-15)13(16-17-18)14(19)20-6-3/h11H,4-10H2,1-3H3. The molecule has 5 nitrogen and oxygen atoms in total. The number of alkyl halides is 1. The lowest BCUT2D eigenvalue weighted by Crippen LogP contribution is -2.15. The molecule has 1 rings (SSSR count). The molecule has 0 aliphatic heterocycles. The second-order valence-electron chi connectivity index (χ2n) is 4.84. The summed E-state index contributed by atoms with van der Waals surface area (Å²) in [6, 6.07) is 0. The Bertz CT molecular complexity index is 421. The van der Waals surface area contributed by atoms with Crippen molar-refractivity contribution in [1.29, 1.82) is 0 Å². The summed E-state index contributed by atoms with van der Waals surface area (Å²) in [6.07, 6.45) is 4.62. The van der Waals surface area contributed by atoms with Crippen molar-refractivity contribution < 1.29 is 9.53 Å². The molecule has 1 aromatic heterocycles. The zero-order valence-electron chi connectivity index (χ0n) is 12.6. The zero-order chi connectivity index (χ0) is 15.0. The summed E-state index contributed by atoms with van der Waals surface area (Å²) in [6.45, 7) is 7.20. The lowest BCUT2D eigenvalue weighted by atomic mass is 9.99. The number of unbranched alkanes of at least 4 members (excludes halogenated alkanes) is 1.